The van der Waals surface area contributed by atoms with E-state index < -0.39 is 12.3 Å². The lowest BCUT2D eigenvalue weighted by molar-refractivity contribution is -0.0338. The molecule has 0 saturated heterocycles. The second kappa shape index (κ2) is 10.1. The summed E-state index contributed by atoms with van der Waals surface area (Å²) in [6.45, 7) is 4.91. The Balaban J connectivity index is 0.000000161. The van der Waals surface area contributed by atoms with E-state index in [2.05, 4.69) is 19.9 Å². The van der Waals surface area contributed by atoms with E-state index in [0.717, 1.165) is 47.9 Å². The monoisotopic (exact) mass is 386 g/mol. The summed E-state index contributed by atoms with van der Waals surface area (Å²) in [6, 6.07) is 15.7. The number of alkyl halides is 1. The van der Waals surface area contributed by atoms with Gasteiger partial charge in [-0.1, -0.05) is 75.2 Å². The highest BCUT2D eigenvalue weighted by Gasteiger charge is 2.26. The smallest absolute Gasteiger partial charge is 0.149 e. The number of hydrogen-bond acceptors (Lipinski definition) is 3. The number of aliphatic hydroxyl groups is 1. The molecule has 1 N–H and O–H groups in total. The van der Waals surface area contributed by atoms with Crippen LogP contribution < -0.4 is 0 Å². The summed E-state index contributed by atoms with van der Waals surface area (Å²) < 4.78 is 24.6. The van der Waals surface area contributed by atoms with Crippen molar-refractivity contribution in [3.05, 3.63) is 70.8 Å². The minimum absolute atomic E-state index is 0.100. The van der Waals surface area contributed by atoms with Gasteiger partial charge in [0.15, 0.2) is 0 Å². The molecule has 4 unspecified atom stereocenters. The van der Waals surface area contributed by atoms with E-state index in [1.807, 2.05) is 42.5 Å². The molecular formula is C24H31FO3. The van der Waals surface area contributed by atoms with E-state index in [1.54, 1.807) is 0 Å². The molecule has 0 fully saturated rings. The van der Waals surface area contributed by atoms with E-state index in [1.165, 1.54) is 0 Å². The molecule has 2 aromatic rings. The number of fused-ring (bicyclic) bond motifs is 2. The average Bonchev–Trinajstić information content (AvgIpc) is 2.73. The molecule has 2 heterocycles. The van der Waals surface area contributed by atoms with Crippen LogP contribution in [0.2, 0.25) is 0 Å². The van der Waals surface area contributed by atoms with Crippen molar-refractivity contribution in [2.24, 2.45) is 0 Å². The van der Waals surface area contributed by atoms with Crippen molar-refractivity contribution in [1.29, 1.82) is 0 Å². The maximum Gasteiger partial charge on any atom is 0.149 e. The van der Waals surface area contributed by atoms with Gasteiger partial charge in [-0.2, -0.15) is 0 Å². The Morgan fingerprint density at radius 3 is 1.82 bits per heavy atom. The second-order valence-corrected chi connectivity index (χ2v) is 7.46. The van der Waals surface area contributed by atoms with Crippen LogP contribution in [-0.2, 0) is 9.47 Å². The number of halogens is 1. The maximum absolute atomic E-state index is 13.5. The zero-order chi connectivity index (χ0) is 19.9. The number of hydrogen-bond donors (Lipinski definition) is 1. The Labute approximate surface area is 167 Å². The predicted octanol–water partition coefficient (Wildman–Crippen LogP) is 6.16. The van der Waals surface area contributed by atoms with E-state index in [0.29, 0.717) is 6.61 Å². The fraction of sp³-hybridized carbons (Fsp3) is 0.500. The highest BCUT2D eigenvalue weighted by Crippen LogP contribution is 2.37. The van der Waals surface area contributed by atoms with Crippen LogP contribution in [0, 0.1) is 0 Å². The Morgan fingerprint density at radius 2 is 1.25 bits per heavy atom. The zero-order valence-electron chi connectivity index (χ0n) is 16.8. The van der Waals surface area contributed by atoms with Crippen molar-refractivity contribution in [3.8, 4) is 0 Å². The second-order valence-electron chi connectivity index (χ2n) is 7.46. The van der Waals surface area contributed by atoms with Gasteiger partial charge >= 0.3 is 0 Å². The molecule has 2 aromatic carbocycles. The first-order valence-electron chi connectivity index (χ1n) is 10.4. The Morgan fingerprint density at radius 1 is 0.786 bits per heavy atom. The van der Waals surface area contributed by atoms with Gasteiger partial charge in [0.05, 0.1) is 25.4 Å². The average molecular weight is 387 g/mol. The molecule has 0 radical (unpaired) electrons. The van der Waals surface area contributed by atoms with Crippen molar-refractivity contribution < 1.29 is 19.0 Å². The fourth-order valence-corrected chi connectivity index (χ4v) is 3.97. The van der Waals surface area contributed by atoms with Crippen molar-refractivity contribution in [1.82, 2.24) is 0 Å². The van der Waals surface area contributed by atoms with Crippen LogP contribution in [0.25, 0.3) is 0 Å². The first-order chi connectivity index (χ1) is 13.7. The molecule has 3 nitrogen and oxygen atoms in total. The molecule has 0 aliphatic carbocycles. The molecule has 0 aromatic heterocycles. The summed E-state index contributed by atoms with van der Waals surface area (Å²) in [7, 11) is 0. The summed E-state index contributed by atoms with van der Waals surface area (Å²) in [6.07, 6.45) is 3.07. The van der Waals surface area contributed by atoms with Gasteiger partial charge in [-0.15, -0.1) is 0 Å². The van der Waals surface area contributed by atoms with Crippen LogP contribution in [0.3, 0.4) is 0 Å². The number of ether oxygens (including phenoxy) is 2. The number of benzene rings is 2. The molecule has 2 aliphatic rings. The van der Waals surface area contributed by atoms with Gasteiger partial charge < -0.3 is 14.6 Å². The van der Waals surface area contributed by atoms with Gasteiger partial charge in [-0.25, -0.2) is 4.39 Å². The molecule has 4 heteroatoms. The molecule has 0 amide bonds. The van der Waals surface area contributed by atoms with Gasteiger partial charge in [-0.3, -0.25) is 0 Å². The molecule has 4 rings (SSSR count). The Bertz CT molecular complexity index is 685. The summed E-state index contributed by atoms with van der Waals surface area (Å²) in [4.78, 5) is 0. The molecule has 0 saturated carbocycles. The summed E-state index contributed by atoms with van der Waals surface area (Å²) in [5.41, 5.74) is 4.05. The lowest BCUT2D eigenvalue weighted by Gasteiger charge is -2.29. The Kier molecular flexibility index (Phi) is 7.60. The number of rotatable bonds is 4. The normalized spacial score (nSPS) is 25.9. The van der Waals surface area contributed by atoms with Crippen molar-refractivity contribution in [2.45, 2.75) is 64.0 Å². The fourth-order valence-electron chi connectivity index (χ4n) is 3.97. The largest absolute Gasteiger partial charge is 0.386 e. The SMILES string of the molecule is CCCC1OCC(F)c2ccccc21.CCCC1OCC(O)c2ccccc21. The van der Waals surface area contributed by atoms with Gasteiger partial charge in [0, 0.05) is 0 Å². The lowest BCUT2D eigenvalue weighted by Crippen LogP contribution is -2.20. The summed E-state index contributed by atoms with van der Waals surface area (Å²) in [5.74, 6) is 0. The van der Waals surface area contributed by atoms with Gasteiger partial charge in [0.25, 0.3) is 0 Å². The standard InChI is InChI=1S/C12H15FO.C12H16O2/c2*1-2-5-12-10-7-4-3-6-9(10)11(13)8-14-12/h3-4,6-7,11-12H,2,5,8H2,1H3;3-4,6-7,11-13H,2,5,8H2,1H3. The van der Waals surface area contributed by atoms with Crippen LogP contribution in [0.4, 0.5) is 4.39 Å². The summed E-state index contributed by atoms with van der Waals surface area (Å²) in [5, 5.41) is 9.72. The molecular weight excluding hydrogens is 355 g/mol. The highest BCUT2D eigenvalue weighted by atomic mass is 19.1. The molecule has 28 heavy (non-hydrogen) atoms. The third-order valence-electron chi connectivity index (χ3n) is 5.38. The quantitative estimate of drug-likeness (QED) is 0.684. The van der Waals surface area contributed by atoms with Crippen LogP contribution in [0.15, 0.2) is 48.5 Å². The van der Waals surface area contributed by atoms with Gasteiger partial charge in [0.1, 0.15) is 12.3 Å². The molecule has 4 atom stereocenters. The maximum atomic E-state index is 13.5. The van der Waals surface area contributed by atoms with Crippen LogP contribution >= 0.6 is 0 Å². The molecule has 2 aliphatic heterocycles. The first kappa shape index (κ1) is 21.0. The van der Waals surface area contributed by atoms with Crippen molar-refractivity contribution >= 4 is 0 Å². The van der Waals surface area contributed by atoms with E-state index >= 15 is 0 Å². The van der Waals surface area contributed by atoms with Crippen LogP contribution in [-0.4, -0.2) is 18.3 Å². The van der Waals surface area contributed by atoms with E-state index in [4.69, 9.17) is 9.47 Å². The zero-order valence-corrected chi connectivity index (χ0v) is 16.8. The van der Waals surface area contributed by atoms with Crippen molar-refractivity contribution in [2.75, 3.05) is 13.2 Å². The van der Waals surface area contributed by atoms with Gasteiger partial charge in [0.2, 0.25) is 0 Å². The predicted molar refractivity (Wildman–Crippen MR) is 109 cm³/mol. The minimum atomic E-state index is -0.945. The van der Waals surface area contributed by atoms with E-state index in [-0.39, 0.29) is 18.8 Å². The van der Waals surface area contributed by atoms with Crippen LogP contribution in [0.1, 0.15) is 86.3 Å². The van der Waals surface area contributed by atoms with Crippen LogP contribution in [0.5, 0.6) is 0 Å². The van der Waals surface area contributed by atoms with Crippen molar-refractivity contribution in [3.63, 3.8) is 0 Å². The third-order valence-corrected chi connectivity index (χ3v) is 5.38. The molecule has 0 spiro atoms. The molecule has 152 valence electrons. The highest BCUT2D eigenvalue weighted by molar-refractivity contribution is 5.33. The molecule has 0 bridgehead atoms. The van der Waals surface area contributed by atoms with Gasteiger partial charge in [-0.05, 0) is 35.1 Å². The minimum Gasteiger partial charge on any atom is -0.386 e. The lowest BCUT2D eigenvalue weighted by atomic mass is 9.94. The topological polar surface area (TPSA) is 38.7 Å². The summed E-state index contributed by atoms with van der Waals surface area (Å²) >= 11 is 0. The number of aliphatic hydroxyl groups excluding tert-OH is 1. The van der Waals surface area contributed by atoms with E-state index in [9.17, 15) is 9.50 Å². The third kappa shape index (κ3) is 4.80. The Hall–Kier alpha value is -1.75. The first-order valence-corrected chi connectivity index (χ1v) is 10.4.